The zero-order chi connectivity index (χ0) is 12.3. The molecule has 4 nitrogen and oxygen atoms in total. The minimum atomic E-state index is -0.107. The molecule has 0 aliphatic rings. The van der Waals surface area contributed by atoms with Gasteiger partial charge in [-0.15, -0.1) is 22.7 Å². The highest BCUT2D eigenvalue weighted by Gasteiger charge is 2.06. The predicted molar refractivity (Wildman–Crippen MR) is 69.5 cm³/mol. The van der Waals surface area contributed by atoms with Crippen molar-refractivity contribution in [2.45, 2.75) is 20.0 Å². The molecule has 0 fully saturated rings. The van der Waals surface area contributed by atoms with Crippen molar-refractivity contribution < 1.29 is 9.90 Å². The van der Waals surface area contributed by atoms with Gasteiger partial charge in [0.05, 0.1) is 6.61 Å². The molecule has 0 aliphatic carbocycles. The van der Waals surface area contributed by atoms with Crippen LogP contribution in [0, 0.1) is 0 Å². The van der Waals surface area contributed by atoms with Gasteiger partial charge in [0.25, 0.3) is 0 Å². The molecule has 0 saturated carbocycles. The summed E-state index contributed by atoms with van der Waals surface area (Å²) in [6.07, 6.45) is 2.57. The van der Waals surface area contributed by atoms with E-state index in [2.05, 4.69) is 10.3 Å². The molecule has 0 aromatic carbocycles. The van der Waals surface area contributed by atoms with Crippen molar-refractivity contribution in [1.82, 2.24) is 4.98 Å². The van der Waals surface area contributed by atoms with Crippen LogP contribution in [0.5, 0.6) is 0 Å². The van der Waals surface area contributed by atoms with Crippen LogP contribution in [-0.4, -0.2) is 16.0 Å². The summed E-state index contributed by atoms with van der Waals surface area (Å²) in [6, 6.07) is 3.93. The van der Waals surface area contributed by atoms with E-state index in [-0.39, 0.29) is 12.5 Å². The van der Waals surface area contributed by atoms with Crippen molar-refractivity contribution >= 4 is 33.7 Å². The first kappa shape index (κ1) is 12.2. The van der Waals surface area contributed by atoms with Gasteiger partial charge >= 0.3 is 0 Å². The van der Waals surface area contributed by atoms with Gasteiger partial charge in [-0.1, -0.05) is 0 Å². The first-order chi connectivity index (χ1) is 8.17. The quantitative estimate of drug-likeness (QED) is 0.894. The van der Waals surface area contributed by atoms with Gasteiger partial charge in [-0.05, 0) is 12.1 Å². The number of nitrogens with one attached hydrogen (secondary N) is 1. The van der Waals surface area contributed by atoms with E-state index in [1.54, 1.807) is 17.5 Å². The second-order valence-corrected chi connectivity index (χ2v) is 5.88. The van der Waals surface area contributed by atoms with Gasteiger partial charge in [-0.2, -0.15) is 0 Å². The number of rotatable bonds is 4. The Morgan fingerprint density at radius 3 is 2.76 bits per heavy atom. The summed E-state index contributed by atoms with van der Waals surface area (Å²) < 4.78 is 0. The topological polar surface area (TPSA) is 62.2 Å². The maximum atomic E-state index is 10.9. The molecule has 17 heavy (non-hydrogen) atoms. The van der Waals surface area contributed by atoms with E-state index in [9.17, 15) is 4.79 Å². The van der Waals surface area contributed by atoms with Crippen molar-refractivity contribution in [2.75, 3.05) is 5.32 Å². The van der Waals surface area contributed by atoms with Gasteiger partial charge in [0.1, 0.15) is 0 Å². The van der Waals surface area contributed by atoms with E-state index in [4.69, 9.17) is 5.11 Å². The summed E-state index contributed by atoms with van der Waals surface area (Å²) in [5, 5.41) is 12.3. The zero-order valence-electron chi connectivity index (χ0n) is 9.27. The van der Waals surface area contributed by atoms with E-state index < -0.39 is 0 Å². The number of thiophene rings is 1. The molecule has 0 bridgehead atoms. The van der Waals surface area contributed by atoms with Gasteiger partial charge < -0.3 is 10.4 Å². The Bertz CT molecular complexity index is 519. The lowest BCUT2D eigenvalue weighted by molar-refractivity contribution is -0.114. The fraction of sp³-hybridized carbons (Fsp3) is 0.273. The van der Waals surface area contributed by atoms with Crippen LogP contribution in [0.2, 0.25) is 0 Å². The molecule has 0 spiro atoms. The molecule has 6 heteroatoms. The standard InChI is InChI=1S/C11H12N2O2S2/c1-7(15)13-11-12-5-10(17-11)4-8-2-3-9(6-14)16-8/h2-3,5,14H,4,6H2,1H3,(H,12,13,15). The maximum Gasteiger partial charge on any atom is 0.223 e. The largest absolute Gasteiger partial charge is 0.391 e. The number of thiazole rings is 1. The molecule has 0 aliphatic heterocycles. The molecule has 90 valence electrons. The van der Waals surface area contributed by atoms with Crippen LogP contribution in [0.1, 0.15) is 21.6 Å². The van der Waals surface area contributed by atoms with Crippen molar-refractivity contribution in [3.05, 3.63) is 33.0 Å². The van der Waals surface area contributed by atoms with Crippen molar-refractivity contribution in [3.63, 3.8) is 0 Å². The molecular formula is C11H12N2O2S2. The number of aliphatic hydroxyl groups is 1. The highest BCUT2D eigenvalue weighted by Crippen LogP contribution is 2.24. The minimum absolute atomic E-state index is 0.0878. The summed E-state index contributed by atoms with van der Waals surface area (Å²) >= 11 is 3.07. The summed E-state index contributed by atoms with van der Waals surface area (Å²) in [5.74, 6) is -0.107. The first-order valence-corrected chi connectivity index (χ1v) is 6.71. The second-order valence-electron chi connectivity index (χ2n) is 3.52. The third-order valence-electron chi connectivity index (χ3n) is 2.06. The third-order valence-corrected chi connectivity index (χ3v) is 4.04. The summed E-state index contributed by atoms with van der Waals surface area (Å²) in [7, 11) is 0. The van der Waals surface area contributed by atoms with Crippen LogP contribution in [0.15, 0.2) is 18.3 Å². The molecule has 0 saturated heterocycles. The third kappa shape index (κ3) is 3.36. The van der Waals surface area contributed by atoms with E-state index >= 15 is 0 Å². The lowest BCUT2D eigenvalue weighted by Gasteiger charge is -1.93. The highest BCUT2D eigenvalue weighted by molar-refractivity contribution is 7.16. The van der Waals surface area contributed by atoms with Crippen LogP contribution in [-0.2, 0) is 17.8 Å². The molecule has 0 radical (unpaired) electrons. The fourth-order valence-electron chi connectivity index (χ4n) is 1.37. The Morgan fingerprint density at radius 2 is 2.12 bits per heavy atom. The predicted octanol–water partition coefficient (Wildman–Crippen LogP) is 2.25. The van der Waals surface area contributed by atoms with Crippen LogP contribution in [0.3, 0.4) is 0 Å². The molecule has 0 unspecified atom stereocenters. The number of carbonyl (C=O) groups is 1. The summed E-state index contributed by atoms with van der Waals surface area (Å²) in [5.41, 5.74) is 0. The molecule has 2 heterocycles. The number of aliphatic hydroxyl groups excluding tert-OH is 1. The smallest absolute Gasteiger partial charge is 0.223 e. The number of hydrogen-bond acceptors (Lipinski definition) is 5. The normalized spacial score (nSPS) is 10.5. The lowest BCUT2D eigenvalue weighted by atomic mass is 10.3. The molecule has 2 aromatic rings. The van der Waals surface area contributed by atoms with Crippen LogP contribution in [0.25, 0.3) is 0 Å². The summed E-state index contributed by atoms with van der Waals surface area (Å²) in [4.78, 5) is 18.2. The van der Waals surface area contributed by atoms with Gasteiger partial charge in [0.15, 0.2) is 5.13 Å². The Labute approximate surface area is 107 Å². The molecule has 1 amide bonds. The van der Waals surface area contributed by atoms with E-state index in [0.29, 0.717) is 5.13 Å². The summed E-state index contributed by atoms with van der Waals surface area (Å²) in [6.45, 7) is 1.55. The van der Waals surface area contributed by atoms with Gasteiger partial charge in [0, 0.05) is 34.2 Å². The van der Waals surface area contributed by atoms with Crippen molar-refractivity contribution in [3.8, 4) is 0 Å². The van der Waals surface area contributed by atoms with Crippen molar-refractivity contribution in [2.24, 2.45) is 0 Å². The lowest BCUT2D eigenvalue weighted by Crippen LogP contribution is -2.04. The molecule has 0 atom stereocenters. The Balaban J connectivity index is 2.03. The van der Waals surface area contributed by atoms with Crippen LogP contribution >= 0.6 is 22.7 Å². The van der Waals surface area contributed by atoms with E-state index in [1.165, 1.54) is 23.1 Å². The number of hydrogen-bond donors (Lipinski definition) is 2. The van der Waals surface area contributed by atoms with Crippen molar-refractivity contribution in [1.29, 1.82) is 0 Å². The number of aromatic nitrogens is 1. The number of amides is 1. The SMILES string of the molecule is CC(=O)Nc1ncc(Cc2ccc(CO)s2)s1. The fourth-order valence-corrected chi connectivity index (χ4v) is 3.25. The maximum absolute atomic E-state index is 10.9. The second kappa shape index (κ2) is 5.39. The zero-order valence-corrected chi connectivity index (χ0v) is 10.9. The molecule has 2 rings (SSSR count). The average molecular weight is 268 g/mol. The van der Waals surface area contributed by atoms with Gasteiger partial charge in [-0.3, -0.25) is 4.79 Å². The van der Waals surface area contributed by atoms with Gasteiger partial charge in [-0.25, -0.2) is 4.98 Å². The van der Waals surface area contributed by atoms with Crippen LogP contribution < -0.4 is 5.32 Å². The Hall–Kier alpha value is -1.24. The Kier molecular flexibility index (Phi) is 3.88. The number of carbonyl (C=O) groups excluding carboxylic acids is 1. The molecule has 2 N–H and O–H groups in total. The Morgan fingerprint density at radius 1 is 1.35 bits per heavy atom. The number of nitrogens with zero attached hydrogens (tertiary/aromatic N) is 1. The van der Waals surface area contributed by atoms with Gasteiger partial charge in [0.2, 0.25) is 5.91 Å². The molecule has 2 aromatic heterocycles. The number of anilines is 1. The van der Waals surface area contributed by atoms with E-state index in [0.717, 1.165) is 16.2 Å². The van der Waals surface area contributed by atoms with Crippen LogP contribution in [0.4, 0.5) is 5.13 Å². The molecular weight excluding hydrogens is 256 g/mol. The van der Waals surface area contributed by atoms with E-state index in [1.807, 2.05) is 12.1 Å². The monoisotopic (exact) mass is 268 g/mol. The first-order valence-electron chi connectivity index (χ1n) is 5.08. The highest BCUT2D eigenvalue weighted by atomic mass is 32.1. The minimum Gasteiger partial charge on any atom is -0.391 e. The average Bonchev–Trinajstić information content (AvgIpc) is 2.88.